The molecule has 0 bridgehead atoms. The monoisotopic (exact) mass is 384 g/mol. The predicted molar refractivity (Wildman–Crippen MR) is 103 cm³/mol. The Bertz CT molecular complexity index is 546. The summed E-state index contributed by atoms with van der Waals surface area (Å²) in [6, 6.07) is -0.714. The minimum absolute atomic E-state index is 0.102. The zero-order valence-corrected chi connectivity index (χ0v) is 18.0. The summed E-state index contributed by atoms with van der Waals surface area (Å²) >= 11 is 0. The van der Waals surface area contributed by atoms with Gasteiger partial charge in [0.1, 0.15) is 17.2 Å². The van der Waals surface area contributed by atoms with Crippen molar-refractivity contribution in [3.63, 3.8) is 0 Å². The molecular formula is C20H36N2O5. The summed E-state index contributed by atoms with van der Waals surface area (Å²) in [6.07, 6.45) is 0.980. The SMILES string of the molecule is CC(C)[C@H](NC(=O)[C@H]1CCCN(C(=O)OC(C)(C)C)C1)C(=O)OC(C)(C)C. The highest BCUT2D eigenvalue weighted by Gasteiger charge is 2.35. The molecule has 2 amide bonds. The van der Waals surface area contributed by atoms with Crippen LogP contribution in [-0.4, -0.2) is 53.2 Å². The fourth-order valence-corrected chi connectivity index (χ4v) is 2.82. The molecule has 0 aromatic rings. The van der Waals surface area contributed by atoms with Crippen LogP contribution in [0.15, 0.2) is 0 Å². The first-order valence-corrected chi connectivity index (χ1v) is 9.71. The van der Waals surface area contributed by atoms with Gasteiger partial charge in [-0.15, -0.1) is 0 Å². The number of esters is 1. The van der Waals surface area contributed by atoms with Gasteiger partial charge in [-0.3, -0.25) is 4.79 Å². The molecule has 7 nitrogen and oxygen atoms in total. The van der Waals surface area contributed by atoms with E-state index < -0.39 is 29.3 Å². The van der Waals surface area contributed by atoms with Gasteiger partial charge in [0.2, 0.25) is 5.91 Å². The highest BCUT2D eigenvalue weighted by atomic mass is 16.6. The molecule has 1 heterocycles. The maximum atomic E-state index is 12.7. The van der Waals surface area contributed by atoms with E-state index in [0.29, 0.717) is 19.5 Å². The molecule has 0 aromatic heterocycles. The van der Waals surface area contributed by atoms with Crippen LogP contribution in [0.3, 0.4) is 0 Å². The molecule has 1 saturated heterocycles. The molecule has 27 heavy (non-hydrogen) atoms. The van der Waals surface area contributed by atoms with Gasteiger partial charge >= 0.3 is 12.1 Å². The maximum Gasteiger partial charge on any atom is 0.410 e. The summed E-state index contributed by atoms with van der Waals surface area (Å²) in [7, 11) is 0. The normalized spacial score (nSPS) is 19.4. The predicted octanol–water partition coefficient (Wildman–Crippen LogP) is 3.12. The van der Waals surface area contributed by atoms with Crippen LogP contribution in [0.25, 0.3) is 0 Å². The summed E-state index contributed by atoms with van der Waals surface area (Å²) in [5.74, 6) is -1.14. The van der Waals surface area contributed by atoms with Gasteiger partial charge in [-0.25, -0.2) is 9.59 Å². The van der Waals surface area contributed by atoms with Gasteiger partial charge in [0, 0.05) is 13.1 Å². The van der Waals surface area contributed by atoms with Crippen molar-refractivity contribution in [2.75, 3.05) is 13.1 Å². The van der Waals surface area contributed by atoms with Crippen molar-refractivity contribution in [2.24, 2.45) is 11.8 Å². The first-order chi connectivity index (χ1) is 12.2. The van der Waals surface area contributed by atoms with Crippen LogP contribution in [0.2, 0.25) is 0 Å². The van der Waals surface area contributed by atoms with Gasteiger partial charge in [-0.1, -0.05) is 13.8 Å². The van der Waals surface area contributed by atoms with Crippen molar-refractivity contribution in [1.82, 2.24) is 10.2 Å². The number of nitrogens with one attached hydrogen (secondary N) is 1. The van der Waals surface area contributed by atoms with Crippen LogP contribution in [0.4, 0.5) is 4.79 Å². The number of rotatable bonds is 4. The van der Waals surface area contributed by atoms with Gasteiger partial charge in [0.15, 0.2) is 0 Å². The number of piperidine rings is 1. The van der Waals surface area contributed by atoms with Crippen LogP contribution in [0.1, 0.15) is 68.2 Å². The third-order valence-electron chi connectivity index (χ3n) is 4.07. The molecule has 0 aliphatic carbocycles. The molecule has 1 N–H and O–H groups in total. The maximum absolute atomic E-state index is 12.7. The van der Waals surface area contributed by atoms with Crippen molar-refractivity contribution in [1.29, 1.82) is 0 Å². The average Bonchev–Trinajstić information content (AvgIpc) is 2.48. The number of hydrogen-bond acceptors (Lipinski definition) is 5. The fraction of sp³-hybridized carbons (Fsp3) is 0.850. The second-order valence-electron chi connectivity index (χ2n) is 9.53. The zero-order valence-electron chi connectivity index (χ0n) is 18.0. The summed E-state index contributed by atoms with van der Waals surface area (Å²) in [5.41, 5.74) is -1.20. The number of hydrogen-bond donors (Lipinski definition) is 1. The van der Waals surface area contributed by atoms with E-state index in [-0.39, 0.29) is 17.7 Å². The number of amides is 2. The van der Waals surface area contributed by atoms with E-state index in [1.165, 1.54) is 0 Å². The molecule has 0 aromatic carbocycles. The van der Waals surface area contributed by atoms with Crippen LogP contribution in [0.5, 0.6) is 0 Å². The van der Waals surface area contributed by atoms with Crippen molar-refractivity contribution < 1.29 is 23.9 Å². The molecule has 1 fully saturated rings. The summed E-state index contributed by atoms with van der Waals surface area (Å²) < 4.78 is 10.8. The zero-order chi connectivity index (χ0) is 21.0. The Morgan fingerprint density at radius 3 is 2.04 bits per heavy atom. The Hall–Kier alpha value is -1.79. The highest BCUT2D eigenvalue weighted by molar-refractivity contribution is 5.86. The van der Waals surface area contributed by atoms with Crippen LogP contribution >= 0.6 is 0 Å². The van der Waals surface area contributed by atoms with E-state index >= 15 is 0 Å². The lowest BCUT2D eigenvalue weighted by Crippen LogP contribution is -2.52. The van der Waals surface area contributed by atoms with Gasteiger partial charge in [0.25, 0.3) is 0 Å². The summed E-state index contributed by atoms with van der Waals surface area (Å²) in [6.45, 7) is 15.4. The Balaban J connectivity index is 2.73. The molecule has 1 rings (SSSR count). The summed E-state index contributed by atoms with van der Waals surface area (Å²) in [5, 5.41) is 2.82. The smallest absolute Gasteiger partial charge is 0.410 e. The number of carbonyl (C=O) groups excluding carboxylic acids is 3. The topological polar surface area (TPSA) is 84.9 Å². The first-order valence-electron chi connectivity index (χ1n) is 9.71. The number of ether oxygens (including phenoxy) is 2. The van der Waals surface area contributed by atoms with Crippen molar-refractivity contribution in [3.8, 4) is 0 Å². The van der Waals surface area contributed by atoms with Crippen molar-refractivity contribution >= 4 is 18.0 Å². The lowest BCUT2D eigenvalue weighted by atomic mass is 9.95. The second-order valence-corrected chi connectivity index (χ2v) is 9.53. The Morgan fingerprint density at radius 1 is 1.00 bits per heavy atom. The van der Waals surface area contributed by atoms with E-state index in [1.807, 2.05) is 34.6 Å². The quantitative estimate of drug-likeness (QED) is 0.753. The molecule has 0 unspecified atom stereocenters. The van der Waals surface area contributed by atoms with E-state index in [1.54, 1.807) is 25.7 Å². The molecule has 2 atom stereocenters. The van der Waals surface area contributed by atoms with Gasteiger partial charge < -0.3 is 19.7 Å². The lowest BCUT2D eigenvalue weighted by molar-refractivity contribution is -0.160. The molecule has 7 heteroatoms. The largest absolute Gasteiger partial charge is 0.458 e. The fourth-order valence-electron chi connectivity index (χ4n) is 2.82. The van der Waals surface area contributed by atoms with E-state index in [2.05, 4.69) is 5.32 Å². The number of carbonyl (C=O) groups is 3. The average molecular weight is 385 g/mol. The van der Waals surface area contributed by atoms with Crippen LogP contribution < -0.4 is 5.32 Å². The van der Waals surface area contributed by atoms with Crippen LogP contribution in [-0.2, 0) is 19.1 Å². The Kier molecular flexibility index (Phi) is 7.69. The minimum atomic E-state index is -0.714. The minimum Gasteiger partial charge on any atom is -0.458 e. The van der Waals surface area contributed by atoms with Gasteiger partial charge in [-0.05, 0) is 60.3 Å². The van der Waals surface area contributed by atoms with Crippen LogP contribution in [0, 0.1) is 11.8 Å². The van der Waals surface area contributed by atoms with E-state index in [0.717, 1.165) is 6.42 Å². The highest BCUT2D eigenvalue weighted by Crippen LogP contribution is 2.20. The molecule has 156 valence electrons. The van der Waals surface area contributed by atoms with E-state index in [9.17, 15) is 14.4 Å². The third-order valence-corrected chi connectivity index (χ3v) is 4.07. The first kappa shape index (κ1) is 23.2. The number of likely N-dealkylation sites (tertiary alicyclic amines) is 1. The number of nitrogens with zero attached hydrogens (tertiary/aromatic N) is 1. The molecule has 1 aliphatic rings. The van der Waals surface area contributed by atoms with Crippen molar-refractivity contribution in [3.05, 3.63) is 0 Å². The third kappa shape index (κ3) is 8.18. The molecule has 0 saturated carbocycles. The molecule has 0 radical (unpaired) electrons. The van der Waals surface area contributed by atoms with Gasteiger partial charge in [0.05, 0.1) is 5.92 Å². The van der Waals surface area contributed by atoms with Crippen molar-refractivity contribution in [2.45, 2.75) is 85.5 Å². The van der Waals surface area contributed by atoms with Gasteiger partial charge in [-0.2, -0.15) is 0 Å². The Morgan fingerprint density at radius 2 is 1.56 bits per heavy atom. The lowest BCUT2D eigenvalue weighted by Gasteiger charge is -2.34. The van der Waals surface area contributed by atoms with E-state index in [4.69, 9.17) is 9.47 Å². The Labute approximate surface area is 163 Å². The molecule has 0 spiro atoms. The summed E-state index contributed by atoms with van der Waals surface area (Å²) in [4.78, 5) is 39.0. The molecular weight excluding hydrogens is 348 g/mol. The molecule has 1 aliphatic heterocycles. The second kappa shape index (κ2) is 8.93. The standard InChI is InChI=1S/C20H36N2O5/c1-13(2)15(17(24)26-19(3,4)5)21-16(23)14-10-9-11-22(12-14)18(25)27-20(6,7)8/h13-15H,9-12H2,1-8H3,(H,21,23)/t14-,15-/m0/s1.